The second-order valence-electron chi connectivity index (χ2n) is 4.69. The van der Waals surface area contributed by atoms with Gasteiger partial charge in [-0.05, 0) is 48.9 Å². The molecule has 1 aliphatic rings. The average Bonchev–Trinajstić information content (AvgIpc) is 2.84. The van der Waals surface area contributed by atoms with Gasteiger partial charge in [0, 0.05) is 4.90 Å². The van der Waals surface area contributed by atoms with Crippen molar-refractivity contribution >= 4 is 17.7 Å². The van der Waals surface area contributed by atoms with Gasteiger partial charge >= 0.3 is 0 Å². The third-order valence-corrected chi connectivity index (χ3v) is 4.59. The molecule has 3 N–H and O–H groups in total. The molecule has 4 heteroatoms. The number of hydrogen-bond acceptors (Lipinski definition) is 3. The molecule has 18 heavy (non-hydrogen) atoms. The van der Waals surface area contributed by atoms with Gasteiger partial charge in [0.1, 0.15) is 0 Å². The van der Waals surface area contributed by atoms with Gasteiger partial charge in [-0.25, -0.2) is 5.84 Å². The number of hydrazine groups is 1. The smallest absolute Gasteiger partial charge is 0.247 e. The zero-order chi connectivity index (χ0) is 13.0. The topological polar surface area (TPSA) is 55.1 Å². The summed E-state index contributed by atoms with van der Waals surface area (Å²) in [6.45, 7) is 2.08. The van der Waals surface area contributed by atoms with E-state index in [4.69, 9.17) is 5.84 Å². The lowest BCUT2D eigenvalue weighted by Gasteiger charge is -2.14. The van der Waals surface area contributed by atoms with Crippen molar-refractivity contribution in [2.45, 2.75) is 49.2 Å². The van der Waals surface area contributed by atoms with Gasteiger partial charge in [-0.15, -0.1) is 11.8 Å². The minimum atomic E-state index is -0.0838. The average molecular weight is 264 g/mol. The van der Waals surface area contributed by atoms with Gasteiger partial charge in [-0.2, -0.15) is 0 Å². The summed E-state index contributed by atoms with van der Waals surface area (Å²) in [6.07, 6.45) is 5.46. The van der Waals surface area contributed by atoms with Crippen molar-refractivity contribution in [3.63, 3.8) is 0 Å². The van der Waals surface area contributed by atoms with E-state index >= 15 is 0 Å². The highest BCUT2D eigenvalue weighted by atomic mass is 32.2. The molecular formula is C14H20N2OS. The molecule has 1 aromatic rings. The predicted molar refractivity (Wildman–Crippen MR) is 75.4 cm³/mol. The number of thioether (sulfide) groups is 1. The fourth-order valence-corrected chi connectivity index (χ4v) is 3.60. The number of benzene rings is 1. The normalized spacial score (nSPS) is 15.2. The monoisotopic (exact) mass is 264 g/mol. The molecule has 0 bridgehead atoms. The van der Waals surface area contributed by atoms with Crippen molar-refractivity contribution in [3.05, 3.63) is 29.3 Å². The fourth-order valence-electron chi connectivity index (χ4n) is 2.38. The van der Waals surface area contributed by atoms with Crippen molar-refractivity contribution in [3.8, 4) is 0 Å². The third kappa shape index (κ3) is 3.06. The molecular weight excluding hydrogens is 244 g/mol. The molecule has 98 valence electrons. The Bertz CT molecular complexity index is 434. The maximum atomic E-state index is 11.7. The lowest BCUT2D eigenvalue weighted by atomic mass is 10.1. The van der Waals surface area contributed by atoms with Crippen LogP contribution in [0.25, 0.3) is 0 Å². The van der Waals surface area contributed by atoms with Crippen LogP contribution in [0.4, 0.5) is 0 Å². The molecule has 0 aliphatic heterocycles. The maximum Gasteiger partial charge on any atom is 0.247 e. The van der Waals surface area contributed by atoms with Crippen LogP contribution in [0.1, 0.15) is 37.3 Å². The zero-order valence-corrected chi connectivity index (χ0v) is 11.6. The lowest BCUT2D eigenvalue weighted by molar-refractivity contribution is -0.120. The van der Waals surface area contributed by atoms with Crippen LogP contribution in [0.5, 0.6) is 0 Å². The summed E-state index contributed by atoms with van der Waals surface area (Å²) < 4.78 is 0. The summed E-state index contributed by atoms with van der Waals surface area (Å²) in [6, 6.07) is 6.56. The Morgan fingerprint density at radius 2 is 2.22 bits per heavy atom. The molecule has 0 saturated heterocycles. The first kappa shape index (κ1) is 13.4. The first-order valence-electron chi connectivity index (χ1n) is 6.53. The van der Waals surface area contributed by atoms with E-state index in [0.717, 1.165) is 12.8 Å². The molecule has 1 unspecified atom stereocenters. The van der Waals surface area contributed by atoms with Crippen LogP contribution in [-0.2, 0) is 17.6 Å². The number of hydrogen-bond donors (Lipinski definition) is 2. The van der Waals surface area contributed by atoms with Crippen LogP contribution in [0.3, 0.4) is 0 Å². The predicted octanol–water partition coefficient (Wildman–Crippen LogP) is 2.43. The zero-order valence-electron chi connectivity index (χ0n) is 10.7. The number of fused-ring (bicyclic) bond motifs is 1. The van der Waals surface area contributed by atoms with Gasteiger partial charge in [0.2, 0.25) is 5.91 Å². The number of nitrogens with one attached hydrogen (secondary N) is 1. The summed E-state index contributed by atoms with van der Waals surface area (Å²) >= 11 is 1.62. The molecule has 1 aliphatic carbocycles. The van der Waals surface area contributed by atoms with Crippen LogP contribution in [0, 0.1) is 0 Å². The summed E-state index contributed by atoms with van der Waals surface area (Å²) in [5.41, 5.74) is 5.18. The number of amides is 1. The Labute approximate surface area is 112 Å². The first-order valence-corrected chi connectivity index (χ1v) is 7.41. The molecule has 0 radical (unpaired) electrons. The highest BCUT2D eigenvalue weighted by molar-refractivity contribution is 8.00. The van der Waals surface area contributed by atoms with Gasteiger partial charge in [0.25, 0.3) is 0 Å². The molecule has 0 saturated carbocycles. The highest BCUT2D eigenvalue weighted by Crippen LogP contribution is 2.31. The molecule has 1 atom stereocenters. The van der Waals surface area contributed by atoms with Crippen LogP contribution in [0.2, 0.25) is 0 Å². The summed E-state index contributed by atoms with van der Waals surface area (Å²) in [5.74, 6) is 5.15. The molecule has 0 spiro atoms. The highest BCUT2D eigenvalue weighted by Gasteiger charge is 2.19. The van der Waals surface area contributed by atoms with Crippen molar-refractivity contribution < 1.29 is 4.79 Å². The minimum absolute atomic E-state index is 0.0812. The Morgan fingerprint density at radius 3 is 2.94 bits per heavy atom. The number of carbonyl (C=O) groups excluding carboxylic acids is 1. The van der Waals surface area contributed by atoms with Crippen LogP contribution in [0.15, 0.2) is 23.1 Å². The molecule has 1 amide bonds. The molecule has 3 nitrogen and oxygen atoms in total. The molecule has 0 fully saturated rings. The Kier molecular flexibility index (Phi) is 4.66. The summed E-state index contributed by atoms with van der Waals surface area (Å²) in [5, 5.41) is -0.0838. The Hall–Kier alpha value is -1.00. The van der Waals surface area contributed by atoms with Crippen LogP contribution in [-0.4, -0.2) is 11.2 Å². The Morgan fingerprint density at radius 1 is 1.44 bits per heavy atom. The molecule has 0 aromatic heterocycles. The van der Waals surface area contributed by atoms with E-state index < -0.39 is 0 Å². The number of rotatable bonds is 5. The minimum Gasteiger partial charge on any atom is -0.293 e. The van der Waals surface area contributed by atoms with Crippen molar-refractivity contribution in [2.24, 2.45) is 5.84 Å². The quantitative estimate of drug-likeness (QED) is 0.372. The van der Waals surface area contributed by atoms with Gasteiger partial charge in [-0.1, -0.05) is 19.4 Å². The first-order chi connectivity index (χ1) is 8.74. The second kappa shape index (κ2) is 6.25. The number of carbonyl (C=O) groups is 1. The fraction of sp³-hybridized carbons (Fsp3) is 0.500. The SMILES string of the molecule is CCCC(Sc1ccc2c(c1)CCC2)C(=O)NN. The van der Waals surface area contributed by atoms with Gasteiger partial charge in [-0.3, -0.25) is 10.2 Å². The summed E-state index contributed by atoms with van der Waals surface area (Å²) in [7, 11) is 0. The van der Waals surface area contributed by atoms with Crippen molar-refractivity contribution in [1.82, 2.24) is 5.43 Å². The largest absolute Gasteiger partial charge is 0.293 e. The van der Waals surface area contributed by atoms with Gasteiger partial charge in [0.15, 0.2) is 0 Å². The standard InChI is InChI=1S/C14H20N2OS/c1-2-4-13(14(17)16-15)18-12-8-7-10-5-3-6-11(10)9-12/h7-9,13H,2-6,15H2,1H3,(H,16,17). The van der Waals surface area contributed by atoms with E-state index in [1.54, 1.807) is 11.8 Å². The van der Waals surface area contributed by atoms with E-state index in [2.05, 4.69) is 30.5 Å². The number of aryl methyl sites for hydroxylation is 2. The second-order valence-corrected chi connectivity index (χ2v) is 5.96. The molecule has 0 heterocycles. The Balaban J connectivity index is 2.09. The van der Waals surface area contributed by atoms with E-state index in [1.165, 1.54) is 35.3 Å². The summed E-state index contributed by atoms with van der Waals surface area (Å²) in [4.78, 5) is 12.9. The number of nitrogens with two attached hydrogens (primary N) is 1. The molecule has 2 rings (SSSR count). The lowest BCUT2D eigenvalue weighted by Crippen LogP contribution is -2.37. The van der Waals surface area contributed by atoms with Crippen LogP contribution < -0.4 is 11.3 Å². The molecule has 1 aromatic carbocycles. The maximum absolute atomic E-state index is 11.7. The van der Waals surface area contributed by atoms with Crippen molar-refractivity contribution in [2.75, 3.05) is 0 Å². The van der Waals surface area contributed by atoms with E-state index in [1.807, 2.05) is 0 Å². The van der Waals surface area contributed by atoms with E-state index in [-0.39, 0.29) is 11.2 Å². The van der Waals surface area contributed by atoms with Gasteiger partial charge < -0.3 is 0 Å². The van der Waals surface area contributed by atoms with Crippen molar-refractivity contribution in [1.29, 1.82) is 0 Å². The van der Waals surface area contributed by atoms with E-state index in [0.29, 0.717) is 0 Å². The van der Waals surface area contributed by atoms with Crippen LogP contribution >= 0.6 is 11.8 Å². The van der Waals surface area contributed by atoms with Gasteiger partial charge in [0.05, 0.1) is 5.25 Å². The van der Waals surface area contributed by atoms with E-state index in [9.17, 15) is 4.79 Å². The third-order valence-electron chi connectivity index (χ3n) is 3.33.